The Morgan fingerprint density at radius 1 is 1.22 bits per heavy atom. The average Bonchev–Trinajstić information content (AvgIpc) is 2.92. The molecule has 3 aromatic rings. The summed E-state index contributed by atoms with van der Waals surface area (Å²) in [4.78, 5) is 18.3. The molecule has 0 bridgehead atoms. The Morgan fingerprint density at radius 2 is 2.04 bits per heavy atom. The van der Waals surface area contributed by atoms with Gasteiger partial charge in [0.05, 0.1) is 0 Å². The molecule has 0 radical (unpaired) electrons. The fourth-order valence-corrected chi connectivity index (χ4v) is 3.85. The summed E-state index contributed by atoms with van der Waals surface area (Å²) in [5, 5.41) is 1.23. The second kappa shape index (κ2) is 5.53. The highest BCUT2D eigenvalue weighted by Crippen LogP contribution is 2.28. The molecule has 0 atom stereocenters. The number of para-hydroxylation sites is 1. The molecular weight excluding hydrogens is 352 g/mol. The van der Waals surface area contributed by atoms with Crippen LogP contribution in [0.4, 0.5) is 0 Å². The smallest absolute Gasteiger partial charge is 0.254 e. The third-order valence-corrected chi connectivity index (χ3v) is 5.08. The van der Waals surface area contributed by atoms with Gasteiger partial charge in [-0.25, -0.2) is 0 Å². The van der Waals surface area contributed by atoms with Gasteiger partial charge < -0.3 is 9.88 Å². The third kappa shape index (κ3) is 2.47. The van der Waals surface area contributed by atoms with Crippen LogP contribution in [-0.2, 0) is 13.0 Å². The zero-order valence-corrected chi connectivity index (χ0v) is 14.5. The van der Waals surface area contributed by atoms with Crippen molar-refractivity contribution in [3.05, 3.63) is 69.3 Å². The van der Waals surface area contributed by atoms with Crippen molar-refractivity contribution >= 4 is 32.7 Å². The first-order chi connectivity index (χ1) is 11.1. The van der Waals surface area contributed by atoms with E-state index >= 15 is 0 Å². The van der Waals surface area contributed by atoms with Gasteiger partial charge in [-0.1, -0.05) is 34.1 Å². The van der Waals surface area contributed by atoms with E-state index in [4.69, 9.17) is 0 Å². The zero-order chi connectivity index (χ0) is 16.0. The Balaban J connectivity index is 1.68. The molecule has 4 rings (SSSR count). The van der Waals surface area contributed by atoms with E-state index in [2.05, 4.69) is 39.1 Å². The first kappa shape index (κ1) is 14.5. The number of aryl methyl sites for hydroxylation is 1. The standard InChI is InChI=1S/C19H17BrN2O/c1-12-10-13(20)6-7-14(12)19(23)22-9-8-18-16(11-22)15-4-2-3-5-17(15)21-18/h2-7,10,21H,8-9,11H2,1H3. The van der Waals surface area contributed by atoms with Crippen molar-refractivity contribution in [3.63, 3.8) is 0 Å². The van der Waals surface area contributed by atoms with Crippen LogP contribution in [0.2, 0.25) is 0 Å². The first-order valence-electron chi connectivity index (χ1n) is 7.77. The van der Waals surface area contributed by atoms with E-state index in [9.17, 15) is 4.79 Å². The molecule has 0 fully saturated rings. The highest BCUT2D eigenvalue weighted by molar-refractivity contribution is 9.10. The highest BCUT2D eigenvalue weighted by Gasteiger charge is 2.25. The maximum atomic E-state index is 12.9. The predicted octanol–water partition coefficient (Wildman–Crippen LogP) is 4.44. The normalized spacial score (nSPS) is 14.1. The molecule has 116 valence electrons. The molecule has 4 heteroatoms. The fraction of sp³-hybridized carbons (Fsp3) is 0.211. The van der Waals surface area contributed by atoms with Crippen LogP contribution < -0.4 is 0 Å². The van der Waals surface area contributed by atoms with E-state index in [0.29, 0.717) is 6.54 Å². The van der Waals surface area contributed by atoms with Crippen LogP contribution in [0.15, 0.2) is 46.9 Å². The molecule has 0 saturated heterocycles. The molecule has 0 unspecified atom stereocenters. The third-order valence-electron chi connectivity index (χ3n) is 4.59. The zero-order valence-electron chi connectivity index (χ0n) is 12.9. The number of rotatable bonds is 1. The van der Waals surface area contributed by atoms with Crippen molar-refractivity contribution in [2.75, 3.05) is 6.54 Å². The van der Waals surface area contributed by atoms with Crippen LogP contribution >= 0.6 is 15.9 Å². The molecule has 1 aromatic heterocycles. The van der Waals surface area contributed by atoms with Crippen LogP contribution in [0.1, 0.15) is 27.2 Å². The lowest BCUT2D eigenvalue weighted by Gasteiger charge is -2.28. The van der Waals surface area contributed by atoms with Crippen molar-refractivity contribution in [2.24, 2.45) is 0 Å². The number of fused-ring (bicyclic) bond motifs is 3. The summed E-state index contributed by atoms with van der Waals surface area (Å²) in [7, 11) is 0. The number of hydrogen-bond donors (Lipinski definition) is 1. The van der Waals surface area contributed by atoms with Gasteiger partial charge in [-0.05, 0) is 36.8 Å². The van der Waals surface area contributed by atoms with E-state index < -0.39 is 0 Å². The lowest BCUT2D eigenvalue weighted by molar-refractivity contribution is 0.0734. The van der Waals surface area contributed by atoms with Crippen molar-refractivity contribution < 1.29 is 4.79 Å². The number of aromatic amines is 1. The molecule has 1 amide bonds. The molecule has 0 aliphatic carbocycles. The van der Waals surface area contributed by atoms with Gasteiger partial charge in [0.25, 0.3) is 5.91 Å². The van der Waals surface area contributed by atoms with Crippen LogP contribution in [0.3, 0.4) is 0 Å². The van der Waals surface area contributed by atoms with Crippen molar-refractivity contribution in [3.8, 4) is 0 Å². The summed E-state index contributed by atoms with van der Waals surface area (Å²) < 4.78 is 1.00. The summed E-state index contributed by atoms with van der Waals surface area (Å²) in [5.74, 6) is 0.117. The van der Waals surface area contributed by atoms with E-state index in [1.807, 2.05) is 36.1 Å². The number of halogens is 1. The minimum absolute atomic E-state index is 0.117. The number of carbonyl (C=O) groups excluding carboxylic acids is 1. The van der Waals surface area contributed by atoms with E-state index in [1.165, 1.54) is 16.6 Å². The molecule has 1 N–H and O–H groups in total. The molecule has 23 heavy (non-hydrogen) atoms. The second-order valence-corrected chi connectivity index (χ2v) is 6.98. The number of hydrogen-bond acceptors (Lipinski definition) is 1. The quantitative estimate of drug-likeness (QED) is 0.677. The maximum absolute atomic E-state index is 12.9. The Bertz CT molecular complexity index is 913. The number of benzene rings is 2. The van der Waals surface area contributed by atoms with E-state index in [-0.39, 0.29) is 5.91 Å². The Kier molecular flexibility index (Phi) is 3.49. The summed E-state index contributed by atoms with van der Waals surface area (Å²) in [6.45, 7) is 3.42. The highest BCUT2D eigenvalue weighted by atomic mass is 79.9. The van der Waals surface area contributed by atoms with Gasteiger partial charge in [0.1, 0.15) is 0 Å². The molecule has 0 spiro atoms. The Morgan fingerprint density at radius 3 is 2.87 bits per heavy atom. The van der Waals surface area contributed by atoms with Gasteiger partial charge in [-0.2, -0.15) is 0 Å². The Labute approximate surface area is 143 Å². The number of nitrogens with zero attached hydrogens (tertiary/aromatic N) is 1. The van der Waals surface area contributed by atoms with Crippen LogP contribution in [0.5, 0.6) is 0 Å². The molecule has 3 nitrogen and oxygen atoms in total. The lowest BCUT2D eigenvalue weighted by atomic mass is 10.0. The number of aromatic nitrogens is 1. The first-order valence-corrected chi connectivity index (χ1v) is 8.56. The van der Waals surface area contributed by atoms with Gasteiger partial charge in [-0.3, -0.25) is 4.79 Å². The van der Waals surface area contributed by atoms with Gasteiger partial charge >= 0.3 is 0 Å². The molecule has 2 aromatic carbocycles. The topological polar surface area (TPSA) is 36.1 Å². The van der Waals surface area contributed by atoms with Crippen LogP contribution in [-0.4, -0.2) is 22.3 Å². The van der Waals surface area contributed by atoms with Crippen LogP contribution in [0.25, 0.3) is 10.9 Å². The fourth-order valence-electron chi connectivity index (χ4n) is 3.38. The largest absolute Gasteiger partial charge is 0.358 e. The van der Waals surface area contributed by atoms with Crippen molar-refractivity contribution in [1.82, 2.24) is 9.88 Å². The monoisotopic (exact) mass is 368 g/mol. The minimum atomic E-state index is 0.117. The number of amides is 1. The predicted molar refractivity (Wildman–Crippen MR) is 95.6 cm³/mol. The van der Waals surface area contributed by atoms with Gasteiger partial charge in [0.2, 0.25) is 0 Å². The second-order valence-electron chi connectivity index (χ2n) is 6.06. The van der Waals surface area contributed by atoms with E-state index in [1.54, 1.807) is 0 Å². The van der Waals surface area contributed by atoms with Gasteiger partial charge in [0, 0.05) is 51.7 Å². The molecule has 1 aliphatic heterocycles. The minimum Gasteiger partial charge on any atom is -0.358 e. The van der Waals surface area contributed by atoms with Crippen molar-refractivity contribution in [1.29, 1.82) is 0 Å². The SMILES string of the molecule is Cc1cc(Br)ccc1C(=O)N1CCc2[nH]c3ccccc3c2C1. The van der Waals surface area contributed by atoms with Gasteiger partial charge in [-0.15, -0.1) is 0 Å². The summed E-state index contributed by atoms with van der Waals surface area (Å²) >= 11 is 3.46. The lowest BCUT2D eigenvalue weighted by Crippen LogP contribution is -2.36. The molecule has 0 saturated carbocycles. The summed E-state index contributed by atoms with van der Waals surface area (Å²) in [6, 6.07) is 14.2. The molecule has 1 aliphatic rings. The summed E-state index contributed by atoms with van der Waals surface area (Å²) in [6.07, 6.45) is 0.880. The summed E-state index contributed by atoms with van der Waals surface area (Å²) in [5.41, 5.74) is 5.48. The maximum Gasteiger partial charge on any atom is 0.254 e. The van der Waals surface area contributed by atoms with Gasteiger partial charge in [0.15, 0.2) is 0 Å². The molecule has 2 heterocycles. The number of carbonyl (C=O) groups is 1. The van der Waals surface area contributed by atoms with E-state index in [0.717, 1.165) is 34.1 Å². The number of nitrogens with one attached hydrogen (secondary N) is 1. The number of H-pyrrole nitrogens is 1. The average molecular weight is 369 g/mol. The molecular formula is C19H17BrN2O. The van der Waals surface area contributed by atoms with Crippen LogP contribution in [0, 0.1) is 6.92 Å². The van der Waals surface area contributed by atoms with Crippen molar-refractivity contribution in [2.45, 2.75) is 19.9 Å². The Hall–Kier alpha value is -2.07.